The highest BCUT2D eigenvalue weighted by Gasteiger charge is 2.12. The minimum Gasteiger partial charge on any atom is -0.339 e. The van der Waals surface area contributed by atoms with Crippen LogP contribution in [-0.4, -0.2) is 29.7 Å². The molecule has 0 saturated carbocycles. The second-order valence-corrected chi connectivity index (χ2v) is 3.64. The number of amides is 1. The SMILES string of the molecule is C/C=C/CN(CCCC)C(=O)CC(C)=O. The van der Waals surface area contributed by atoms with Gasteiger partial charge in [0.15, 0.2) is 0 Å². The molecule has 0 aliphatic carbocycles. The number of Topliss-reactive ketones (excluding diaryl/α,β-unsaturated/α-hetero) is 1. The zero-order valence-corrected chi connectivity index (χ0v) is 9.95. The molecule has 3 heteroatoms. The monoisotopic (exact) mass is 211 g/mol. The Balaban J connectivity index is 4.19. The van der Waals surface area contributed by atoms with Gasteiger partial charge in [-0.1, -0.05) is 25.5 Å². The van der Waals surface area contributed by atoms with Gasteiger partial charge < -0.3 is 4.90 Å². The molecule has 0 spiro atoms. The van der Waals surface area contributed by atoms with Crippen molar-refractivity contribution in [2.24, 2.45) is 0 Å². The van der Waals surface area contributed by atoms with Crippen molar-refractivity contribution in [1.82, 2.24) is 4.90 Å². The summed E-state index contributed by atoms with van der Waals surface area (Å²) < 4.78 is 0. The van der Waals surface area contributed by atoms with E-state index in [1.165, 1.54) is 6.92 Å². The van der Waals surface area contributed by atoms with E-state index < -0.39 is 0 Å². The maximum Gasteiger partial charge on any atom is 0.230 e. The number of nitrogens with zero attached hydrogens (tertiary/aromatic N) is 1. The zero-order valence-electron chi connectivity index (χ0n) is 9.95. The molecule has 0 N–H and O–H groups in total. The Morgan fingerprint density at radius 2 is 2.00 bits per heavy atom. The lowest BCUT2D eigenvalue weighted by Gasteiger charge is -2.20. The molecule has 15 heavy (non-hydrogen) atoms. The molecule has 0 radical (unpaired) electrons. The van der Waals surface area contributed by atoms with E-state index >= 15 is 0 Å². The topological polar surface area (TPSA) is 37.4 Å². The van der Waals surface area contributed by atoms with Gasteiger partial charge in [0.1, 0.15) is 5.78 Å². The molecule has 0 unspecified atom stereocenters. The van der Waals surface area contributed by atoms with Gasteiger partial charge in [-0.25, -0.2) is 0 Å². The summed E-state index contributed by atoms with van der Waals surface area (Å²) >= 11 is 0. The summed E-state index contributed by atoms with van der Waals surface area (Å²) in [6.45, 7) is 6.82. The van der Waals surface area contributed by atoms with Crippen LogP contribution in [0, 0.1) is 0 Å². The molecular formula is C12H21NO2. The van der Waals surface area contributed by atoms with Crippen molar-refractivity contribution in [2.75, 3.05) is 13.1 Å². The molecule has 0 saturated heterocycles. The summed E-state index contributed by atoms with van der Waals surface area (Å²) in [5.41, 5.74) is 0. The maximum absolute atomic E-state index is 11.6. The minimum absolute atomic E-state index is 0.0290. The second kappa shape index (κ2) is 8.21. The molecular weight excluding hydrogens is 190 g/mol. The van der Waals surface area contributed by atoms with Crippen molar-refractivity contribution in [3.8, 4) is 0 Å². The average molecular weight is 211 g/mol. The van der Waals surface area contributed by atoms with Crippen molar-refractivity contribution >= 4 is 11.7 Å². The van der Waals surface area contributed by atoms with E-state index in [2.05, 4.69) is 6.92 Å². The van der Waals surface area contributed by atoms with Crippen LogP contribution < -0.4 is 0 Å². The highest BCUT2D eigenvalue weighted by atomic mass is 16.2. The number of carbonyl (C=O) groups excluding carboxylic acids is 2. The fraction of sp³-hybridized carbons (Fsp3) is 0.667. The average Bonchev–Trinajstić information content (AvgIpc) is 2.17. The third-order valence-electron chi connectivity index (χ3n) is 2.10. The van der Waals surface area contributed by atoms with Gasteiger partial charge in [-0.05, 0) is 20.3 Å². The third kappa shape index (κ3) is 6.89. The summed E-state index contributed by atoms with van der Waals surface area (Å²) in [7, 11) is 0. The van der Waals surface area contributed by atoms with Crippen molar-refractivity contribution in [2.45, 2.75) is 40.0 Å². The van der Waals surface area contributed by atoms with Gasteiger partial charge >= 0.3 is 0 Å². The number of carbonyl (C=O) groups is 2. The Hall–Kier alpha value is -1.12. The quantitative estimate of drug-likeness (QED) is 0.478. The van der Waals surface area contributed by atoms with Crippen molar-refractivity contribution in [3.63, 3.8) is 0 Å². The van der Waals surface area contributed by atoms with E-state index in [9.17, 15) is 9.59 Å². The number of hydrogen-bond donors (Lipinski definition) is 0. The van der Waals surface area contributed by atoms with E-state index in [4.69, 9.17) is 0 Å². The van der Waals surface area contributed by atoms with Gasteiger partial charge in [0.25, 0.3) is 0 Å². The highest BCUT2D eigenvalue weighted by molar-refractivity contribution is 5.96. The minimum atomic E-state index is -0.0676. The molecule has 0 aliphatic heterocycles. The molecule has 0 atom stereocenters. The molecule has 0 heterocycles. The van der Waals surface area contributed by atoms with Crippen LogP contribution in [0.4, 0.5) is 0 Å². The van der Waals surface area contributed by atoms with Gasteiger partial charge in [0.2, 0.25) is 5.91 Å². The van der Waals surface area contributed by atoms with Crippen LogP contribution in [0.25, 0.3) is 0 Å². The predicted molar refractivity (Wildman–Crippen MR) is 61.6 cm³/mol. The number of unbranched alkanes of at least 4 members (excludes halogenated alkanes) is 1. The molecule has 3 nitrogen and oxygen atoms in total. The smallest absolute Gasteiger partial charge is 0.230 e. The Kier molecular flexibility index (Phi) is 7.60. The van der Waals surface area contributed by atoms with Crippen LogP contribution in [0.3, 0.4) is 0 Å². The molecule has 1 amide bonds. The van der Waals surface area contributed by atoms with E-state index in [1.54, 1.807) is 4.90 Å². The van der Waals surface area contributed by atoms with Gasteiger partial charge in [-0.2, -0.15) is 0 Å². The maximum atomic E-state index is 11.6. The lowest BCUT2D eigenvalue weighted by Crippen LogP contribution is -2.33. The van der Waals surface area contributed by atoms with E-state index in [0.29, 0.717) is 6.54 Å². The van der Waals surface area contributed by atoms with Gasteiger partial charge in [-0.15, -0.1) is 0 Å². The largest absolute Gasteiger partial charge is 0.339 e. The summed E-state index contributed by atoms with van der Waals surface area (Å²) in [5, 5.41) is 0. The first-order valence-corrected chi connectivity index (χ1v) is 5.50. The van der Waals surface area contributed by atoms with Crippen LogP contribution in [0.1, 0.15) is 40.0 Å². The number of allylic oxidation sites excluding steroid dienone is 1. The number of hydrogen-bond acceptors (Lipinski definition) is 2. The second-order valence-electron chi connectivity index (χ2n) is 3.64. The van der Waals surface area contributed by atoms with Crippen molar-refractivity contribution < 1.29 is 9.59 Å². The van der Waals surface area contributed by atoms with Crippen molar-refractivity contribution in [1.29, 1.82) is 0 Å². The van der Waals surface area contributed by atoms with Gasteiger partial charge in [-0.3, -0.25) is 9.59 Å². The first-order valence-electron chi connectivity index (χ1n) is 5.50. The Morgan fingerprint density at radius 1 is 1.33 bits per heavy atom. The summed E-state index contributed by atoms with van der Waals surface area (Å²) in [4.78, 5) is 24.2. The van der Waals surface area contributed by atoms with E-state index in [0.717, 1.165) is 19.4 Å². The first kappa shape index (κ1) is 13.9. The van der Waals surface area contributed by atoms with Crippen LogP contribution in [0.2, 0.25) is 0 Å². The Bertz CT molecular complexity index is 234. The van der Waals surface area contributed by atoms with Gasteiger partial charge in [0.05, 0.1) is 6.42 Å². The van der Waals surface area contributed by atoms with Gasteiger partial charge in [0, 0.05) is 13.1 Å². The molecule has 0 fully saturated rings. The molecule has 0 rings (SSSR count). The molecule has 0 aromatic heterocycles. The summed E-state index contributed by atoms with van der Waals surface area (Å²) in [6, 6.07) is 0. The Morgan fingerprint density at radius 3 is 2.47 bits per heavy atom. The fourth-order valence-corrected chi connectivity index (χ4v) is 1.22. The zero-order chi connectivity index (χ0) is 11.7. The summed E-state index contributed by atoms with van der Waals surface area (Å²) in [5.74, 6) is -0.129. The Labute approximate surface area is 92.1 Å². The number of rotatable bonds is 7. The lowest BCUT2D eigenvalue weighted by atomic mass is 10.2. The van der Waals surface area contributed by atoms with E-state index in [1.807, 2.05) is 19.1 Å². The van der Waals surface area contributed by atoms with E-state index in [-0.39, 0.29) is 18.1 Å². The molecule has 0 aromatic rings. The number of ketones is 1. The lowest BCUT2D eigenvalue weighted by molar-refractivity contribution is -0.134. The van der Waals surface area contributed by atoms with Crippen LogP contribution in [0.15, 0.2) is 12.2 Å². The van der Waals surface area contributed by atoms with Crippen molar-refractivity contribution in [3.05, 3.63) is 12.2 Å². The fourth-order valence-electron chi connectivity index (χ4n) is 1.22. The standard InChI is InChI=1S/C12H21NO2/c1-4-6-8-13(9-7-5-2)12(15)10-11(3)14/h4,6H,5,7-10H2,1-3H3/b6-4+. The molecule has 0 bridgehead atoms. The van der Waals surface area contributed by atoms with Crippen LogP contribution >= 0.6 is 0 Å². The third-order valence-corrected chi connectivity index (χ3v) is 2.10. The first-order chi connectivity index (χ1) is 7.11. The molecule has 0 aliphatic rings. The summed E-state index contributed by atoms with van der Waals surface area (Å²) in [6.07, 6.45) is 5.93. The molecule has 0 aromatic carbocycles. The molecule has 86 valence electrons. The van der Waals surface area contributed by atoms with Crippen LogP contribution in [0.5, 0.6) is 0 Å². The highest BCUT2D eigenvalue weighted by Crippen LogP contribution is 2.00. The predicted octanol–water partition coefficient (Wildman–Crippen LogP) is 2.17. The normalized spacial score (nSPS) is 10.6. The van der Waals surface area contributed by atoms with Crippen LogP contribution in [-0.2, 0) is 9.59 Å².